The second-order valence-electron chi connectivity index (χ2n) is 4.61. The molecule has 0 amide bonds. The summed E-state index contributed by atoms with van der Waals surface area (Å²) in [4.78, 5) is 23.8. The molecule has 0 fully saturated rings. The third kappa shape index (κ3) is 2.58. The Balaban J connectivity index is 1.98. The average Bonchev–Trinajstić information content (AvgIpc) is 2.90. The molecule has 0 aliphatic carbocycles. The van der Waals surface area contributed by atoms with Crippen LogP contribution in [0.2, 0.25) is 5.28 Å². The van der Waals surface area contributed by atoms with Crippen molar-refractivity contribution in [3.63, 3.8) is 0 Å². The van der Waals surface area contributed by atoms with E-state index >= 15 is 0 Å². The minimum absolute atomic E-state index is 0.0649. The SMILES string of the molecule is COC(=O)c1cccc(Cn2cnc3c(N)nc(Cl)nc32)c1. The molecule has 3 rings (SSSR count). The molecule has 0 unspecified atom stereocenters. The molecule has 22 heavy (non-hydrogen) atoms. The van der Waals surface area contributed by atoms with E-state index in [1.807, 2.05) is 6.07 Å². The van der Waals surface area contributed by atoms with Crippen molar-refractivity contribution in [2.75, 3.05) is 12.8 Å². The van der Waals surface area contributed by atoms with Gasteiger partial charge in [0.25, 0.3) is 0 Å². The van der Waals surface area contributed by atoms with E-state index in [2.05, 4.69) is 15.0 Å². The molecular weight excluding hydrogens is 306 g/mol. The first-order chi connectivity index (χ1) is 10.6. The van der Waals surface area contributed by atoms with Crippen molar-refractivity contribution >= 4 is 34.6 Å². The Labute approximate surface area is 130 Å². The summed E-state index contributed by atoms with van der Waals surface area (Å²) in [6.45, 7) is 0.466. The number of methoxy groups -OCH3 is 1. The van der Waals surface area contributed by atoms with E-state index < -0.39 is 0 Å². The van der Waals surface area contributed by atoms with Crippen LogP contribution in [0.25, 0.3) is 11.2 Å². The van der Waals surface area contributed by atoms with E-state index in [0.29, 0.717) is 23.3 Å². The molecule has 0 atom stereocenters. The minimum Gasteiger partial charge on any atom is -0.465 e. The number of imidazole rings is 1. The summed E-state index contributed by atoms with van der Waals surface area (Å²) in [5.41, 5.74) is 8.19. The molecule has 0 radical (unpaired) electrons. The Morgan fingerprint density at radius 3 is 3.00 bits per heavy atom. The van der Waals surface area contributed by atoms with Crippen LogP contribution in [0.4, 0.5) is 5.82 Å². The Bertz CT molecular complexity index is 862. The van der Waals surface area contributed by atoms with Crippen LogP contribution >= 0.6 is 11.6 Å². The first-order valence-electron chi connectivity index (χ1n) is 6.39. The topological polar surface area (TPSA) is 95.9 Å². The molecule has 1 aromatic carbocycles. The molecule has 8 heteroatoms. The fourth-order valence-corrected chi connectivity index (χ4v) is 2.34. The molecular formula is C14H12ClN5O2. The average molecular weight is 318 g/mol. The number of hydrogen-bond donors (Lipinski definition) is 1. The number of benzene rings is 1. The van der Waals surface area contributed by atoms with Crippen LogP contribution in [0.5, 0.6) is 0 Å². The standard InChI is InChI=1S/C14H12ClN5O2/c1-22-13(21)9-4-2-3-8(5-9)6-20-7-17-10-11(16)18-14(15)19-12(10)20/h2-5,7H,6H2,1H3,(H2,16,18,19). The van der Waals surface area contributed by atoms with E-state index in [1.54, 1.807) is 29.1 Å². The van der Waals surface area contributed by atoms with Gasteiger partial charge in [0.05, 0.1) is 25.5 Å². The first kappa shape index (κ1) is 14.3. The molecule has 0 bridgehead atoms. The van der Waals surface area contributed by atoms with Gasteiger partial charge < -0.3 is 15.0 Å². The Morgan fingerprint density at radius 1 is 1.41 bits per heavy atom. The van der Waals surface area contributed by atoms with E-state index in [0.717, 1.165) is 5.56 Å². The number of esters is 1. The smallest absolute Gasteiger partial charge is 0.337 e. The van der Waals surface area contributed by atoms with Gasteiger partial charge in [0.2, 0.25) is 5.28 Å². The summed E-state index contributed by atoms with van der Waals surface area (Å²) in [5.74, 6) is -0.149. The monoisotopic (exact) mass is 317 g/mol. The van der Waals surface area contributed by atoms with Crippen LogP contribution < -0.4 is 5.73 Å². The summed E-state index contributed by atoms with van der Waals surface area (Å²) in [5, 5.41) is 0.0649. The number of hydrogen-bond acceptors (Lipinski definition) is 6. The number of halogens is 1. The van der Waals surface area contributed by atoms with E-state index in [-0.39, 0.29) is 17.1 Å². The first-order valence-corrected chi connectivity index (χ1v) is 6.77. The molecule has 0 aliphatic rings. The summed E-state index contributed by atoms with van der Waals surface area (Å²) in [7, 11) is 1.35. The predicted octanol–water partition coefficient (Wildman–Crippen LogP) is 1.90. The third-order valence-corrected chi connectivity index (χ3v) is 3.33. The zero-order valence-electron chi connectivity index (χ0n) is 11.7. The number of nitrogen functional groups attached to an aromatic ring is 1. The van der Waals surface area contributed by atoms with Crippen molar-refractivity contribution in [1.29, 1.82) is 0 Å². The number of anilines is 1. The highest BCUT2D eigenvalue weighted by Gasteiger charge is 2.11. The summed E-state index contributed by atoms with van der Waals surface area (Å²) < 4.78 is 6.50. The molecule has 7 nitrogen and oxygen atoms in total. The van der Waals surface area contributed by atoms with Gasteiger partial charge in [0, 0.05) is 0 Å². The van der Waals surface area contributed by atoms with Crippen LogP contribution in [0, 0.1) is 0 Å². The maximum Gasteiger partial charge on any atom is 0.337 e. The maximum absolute atomic E-state index is 11.6. The third-order valence-electron chi connectivity index (χ3n) is 3.16. The van der Waals surface area contributed by atoms with Crippen molar-refractivity contribution in [1.82, 2.24) is 19.5 Å². The van der Waals surface area contributed by atoms with Gasteiger partial charge in [-0.3, -0.25) is 0 Å². The van der Waals surface area contributed by atoms with Gasteiger partial charge in [-0.1, -0.05) is 12.1 Å². The Hall–Kier alpha value is -2.67. The second kappa shape index (κ2) is 5.61. The number of aromatic nitrogens is 4. The minimum atomic E-state index is -0.382. The van der Waals surface area contributed by atoms with Gasteiger partial charge in [-0.2, -0.15) is 9.97 Å². The van der Waals surface area contributed by atoms with Crippen molar-refractivity contribution in [2.24, 2.45) is 0 Å². The quantitative estimate of drug-likeness (QED) is 0.585. The molecule has 0 saturated carbocycles. The van der Waals surface area contributed by atoms with Gasteiger partial charge in [0.1, 0.15) is 5.52 Å². The number of carbonyl (C=O) groups is 1. The van der Waals surface area contributed by atoms with Crippen LogP contribution in [0.3, 0.4) is 0 Å². The lowest BCUT2D eigenvalue weighted by atomic mass is 10.1. The molecule has 2 aromatic heterocycles. The Kier molecular flexibility index (Phi) is 3.64. The summed E-state index contributed by atoms with van der Waals surface area (Å²) in [6, 6.07) is 7.13. The number of fused-ring (bicyclic) bond motifs is 1. The van der Waals surface area contributed by atoms with Gasteiger partial charge in [0.15, 0.2) is 11.5 Å². The molecule has 0 aliphatic heterocycles. The Morgan fingerprint density at radius 2 is 2.23 bits per heavy atom. The number of ether oxygens (including phenoxy) is 1. The van der Waals surface area contributed by atoms with Crippen molar-refractivity contribution < 1.29 is 9.53 Å². The van der Waals surface area contributed by atoms with Crippen LogP contribution in [-0.4, -0.2) is 32.6 Å². The molecule has 2 N–H and O–H groups in total. The van der Waals surface area contributed by atoms with Gasteiger partial charge >= 0.3 is 5.97 Å². The van der Waals surface area contributed by atoms with Crippen LogP contribution in [-0.2, 0) is 11.3 Å². The van der Waals surface area contributed by atoms with Gasteiger partial charge in [-0.25, -0.2) is 9.78 Å². The number of nitrogens with zero attached hydrogens (tertiary/aromatic N) is 4. The van der Waals surface area contributed by atoms with E-state index in [1.165, 1.54) is 7.11 Å². The lowest BCUT2D eigenvalue weighted by Crippen LogP contribution is -2.04. The lowest BCUT2D eigenvalue weighted by molar-refractivity contribution is 0.0600. The highest BCUT2D eigenvalue weighted by molar-refractivity contribution is 6.28. The zero-order valence-corrected chi connectivity index (χ0v) is 12.4. The molecule has 112 valence electrons. The van der Waals surface area contributed by atoms with Gasteiger partial charge in [-0.15, -0.1) is 0 Å². The fraction of sp³-hybridized carbons (Fsp3) is 0.143. The van der Waals surface area contributed by atoms with Crippen molar-refractivity contribution in [2.45, 2.75) is 6.54 Å². The largest absolute Gasteiger partial charge is 0.465 e. The molecule has 0 saturated heterocycles. The number of carbonyl (C=O) groups excluding carboxylic acids is 1. The number of rotatable bonds is 3. The lowest BCUT2D eigenvalue weighted by Gasteiger charge is -2.06. The predicted molar refractivity (Wildman–Crippen MR) is 81.6 cm³/mol. The second-order valence-corrected chi connectivity index (χ2v) is 4.95. The maximum atomic E-state index is 11.6. The zero-order chi connectivity index (χ0) is 15.7. The molecule has 2 heterocycles. The molecule has 0 spiro atoms. The van der Waals surface area contributed by atoms with Crippen molar-refractivity contribution in [3.05, 3.63) is 47.0 Å². The highest BCUT2D eigenvalue weighted by atomic mass is 35.5. The van der Waals surface area contributed by atoms with Crippen LogP contribution in [0.15, 0.2) is 30.6 Å². The van der Waals surface area contributed by atoms with Gasteiger partial charge in [-0.05, 0) is 29.3 Å². The number of nitrogens with two attached hydrogens (primary N) is 1. The summed E-state index contributed by atoms with van der Waals surface area (Å²) >= 11 is 5.84. The van der Waals surface area contributed by atoms with Crippen molar-refractivity contribution in [3.8, 4) is 0 Å². The normalized spacial score (nSPS) is 10.8. The highest BCUT2D eigenvalue weighted by Crippen LogP contribution is 2.19. The van der Waals surface area contributed by atoms with E-state index in [4.69, 9.17) is 22.1 Å². The van der Waals surface area contributed by atoms with Crippen LogP contribution in [0.1, 0.15) is 15.9 Å². The van der Waals surface area contributed by atoms with E-state index in [9.17, 15) is 4.79 Å². The summed E-state index contributed by atoms with van der Waals surface area (Å²) in [6.07, 6.45) is 1.61. The molecule has 3 aromatic rings. The fourth-order valence-electron chi connectivity index (χ4n) is 2.17.